The van der Waals surface area contributed by atoms with Gasteiger partial charge >= 0.3 is 0 Å². The van der Waals surface area contributed by atoms with Crippen molar-refractivity contribution in [2.24, 2.45) is 4.99 Å². The van der Waals surface area contributed by atoms with E-state index in [0.717, 1.165) is 11.1 Å². The predicted octanol–water partition coefficient (Wildman–Crippen LogP) is 5.24. The molecule has 0 saturated carbocycles. The van der Waals surface area contributed by atoms with Gasteiger partial charge in [-0.1, -0.05) is 72.4 Å². The maximum atomic E-state index is 13.8. The van der Waals surface area contributed by atoms with E-state index in [0.29, 0.717) is 35.1 Å². The Bertz CT molecular complexity index is 1000. The van der Waals surface area contributed by atoms with E-state index in [-0.39, 0.29) is 11.7 Å². The van der Waals surface area contributed by atoms with Crippen molar-refractivity contribution in [3.8, 4) is 11.1 Å². The predicted molar refractivity (Wildman–Crippen MR) is 113 cm³/mol. The molecule has 0 bridgehead atoms. The van der Waals surface area contributed by atoms with Crippen molar-refractivity contribution in [2.75, 3.05) is 13.1 Å². The fraction of sp³-hybridized carbons (Fsp3) is 0.130. The quantitative estimate of drug-likeness (QED) is 0.610. The molecule has 28 heavy (non-hydrogen) atoms. The van der Waals surface area contributed by atoms with Crippen LogP contribution in [0.3, 0.4) is 0 Å². The number of benzene rings is 3. The van der Waals surface area contributed by atoms with Crippen LogP contribution in [0.25, 0.3) is 11.1 Å². The highest BCUT2D eigenvalue weighted by Gasteiger charge is 2.25. The van der Waals surface area contributed by atoms with Crippen molar-refractivity contribution in [3.05, 3.63) is 95.8 Å². The number of thioether (sulfide) groups is 1. The number of nitrogens with zero attached hydrogens (tertiary/aromatic N) is 2. The van der Waals surface area contributed by atoms with E-state index in [1.165, 1.54) is 17.8 Å². The summed E-state index contributed by atoms with van der Waals surface area (Å²) in [6.07, 6.45) is 0. The van der Waals surface area contributed by atoms with Gasteiger partial charge in [0, 0.05) is 17.9 Å². The van der Waals surface area contributed by atoms with Gasteiger partial charge in [-0.3, -0.25) is 14.7 Å². The topological polar surface area (TPSA) is 32.7 Å². The normalized spacial score (nSPS) is 13.5. The van der Waals surface area contributed by atoms with Crippen molar-refractivity contribution in [3.63, 3.8) is 0 Å². The summed E-state index contributed by atoms with van der Waals surface area (Å²) in [5, 5.41) is 0.653. The zero-order valence-electron chi connectivity index (χ0n) is 15.2. The number of hydrogen-bond acceptors (Lipinski definition) is 3. The summed E-state index contributed by atoms with van der Waals surface area (Å²) in [4.78, 5) is 19.1. The lowest BCUT2D eigenvalue weighted by Crippen LogP contribution is -2.32. The minimum Gasteiger partial charge on any atom is -0.286 e. The Morgan fingerprint density at radius 2 is 1.61 bits per heavy atom. The monoisotopic (exact) mass is 390 g/mol. The Balaban J connectivity index is 1.45. The molecule has 1 amide bonds. The van der Waals surface area contributed by atoms with Crippen LogP contribution in [-0.2, 0) is 5.75 Å². The molecule has 0 N–H and O–H groups in total. The minimum atomic E-state index is -0.233. The molecule has 5 heteroatoms. The fourth-order valence-electron chi connectivity index (χ4n) is 3.09. The maximum Gasteiger partial charge on any atom is 0.259 e. The summed E-state index contributed by atoms with van der Waals surface area (Å²) in [5.41, 5.74) is 3.43. The van der Waals surface area contributed by atoms with Crippen LogP contribution in [0, 0.1) is 5.82 Å². The Kier molecular flexibility index (Phi) is 5.53. The molecule has 0 radical (unpaired) electrons. The first kappa shape index (κ1) is 18.4. The molecule has 3 aromatic rings. The molecular weight excluding hydrogens is 371 g/mol. The van der Waals surface area contributed by atoms with E-state index in [4.69, 9.17) is 0 Å². The molecule has 1 aliphatic rings. The molecule has 1 aliphatic heterocycles. The number of carbonyl (C=O) groups is 1. The third-order valence-electron chi connectivity index (χ3n) is 4.60. The fourth-order valence-corrected chi connectivity index (χ4v) is 4.12. The lowest BCUT2D eigenvalue weighted by atomic mass is 10.0. The summed E-state index contributed by atoms with van der Waals surface area (Å²) in [6.45, 7) is 1.13. The highest BCUT2D eigenvalue weighted by molar-refractivity contribution is 8.13. The second-order valence-corrected chi connectivity index (χ2v) is 7.39. The van der Waals surface area contributed by atoms with E-state index in [1.54, 1.807) is 17.0 Å². The number of amides is 1. The smallest absolute Gasteiger partial charge is 0.259 e. The van der Waals surface area contributed by atoms with Crippen LogP contribution < -0.4 is 0 Å². The molecule has 4 rings (SSSR count). The summed E-state index contributed by atoms with van der Waals surface area (Å²) < 4.78 is 13.8. The lowest BCUT2D eigenvalue weighted by Gasteiger charge is -2.18. The van der Waals surface area contributed by atoms with Crippen LogP contribution in [0.15, 0.2) is 83.9 Å². The van der Waals surface area contributed by atoms with Crippen molar-refractivity contribution < 1.29 is 9.18 Å². The number of aliphatic imine (C=N–C) groups is 1. The van der Waals surface area contributed by atoms with E-state index in [2.05, 4.69) is 4.99 Å². The molecule has 0 aliphatic carbocycles. The number of halogens is 1. The van der Waals surface area contributed by atoms with Gasteiger partial charge in [0.2, 0.25) is 0 Å². The Morgan fingerprint density at radius 1 is 0.929 bits per heavy atom. The first-order valence-corrected chi connectivity index (χ1v) is 10.1. The number of amidine groups is 1. The second-order valence-electron chi connectivity index (χ2n) is 6.44. The van der Waals surface area contributed by atoms with E-state index >= 15 is 0 Å². The maximum absolute atomic E-state index is 13.8. The SMILES string of the molecule is O=C(c1ccc(-c2ccccc2)cc1)N1CCN=C1SCc1ccccc1F. The zero-order chi connectivity index (χ0) is 19.3. The first-order chi connectivity index (χ1) is 13.7. The van der Waals surface area contributed by atoms with Crippen LogP contribution in [0.2, 0.25) is 0 Å². The molecule has 0 spiro atoms. The molecule has 0 saturated heterocycles. The molecule has 0 atom stereocenters. The third-order valence-corrected chi connectivity index (χ3v) is 5.66. The van der Waals surface area contributed by atoms with Crippen molar-refractivity contribution >= 4 is 22.8 Å². The van der Waals surface area contributed by atoms with Gasteiger partial charge in [-0.15, -0.1) is 0 Å². The highest BCUT2D eigenvalue weighted by atomic mass is 32.2. The number of rotatable bonds is 4. The average molecular weight is 390 g/mol. The Labute approximate surface area is 167 Å². The minimum absolute atomic E-state index is 0.0723. The molecular formula is C23H19FN2OS. The molecule has 0 unspecified atom stereocenters. The summed E-state index contributed by atoms with van der Waals surface area (Å²) in [6, 6.07) is 24.4. The van der Waals surface area contributed by atoms with Gasteiger partial charge in [-0.2, -0.15) is 0 Å². The van der Waals surface area contributed by atoms with Gasteiger partial charge in [0.25, 0.3) is 5.91 Å². The van der Waals surface area contributed by atoms with Gasteiger partial charge in [0.15, 0.2) is 5.17 Å². The number of hydrogen-bond donors (Lipinski definition) is 0. The van der Waals surface area contributed by atoms with Gasteiger partial charge in [-0.05, 0) is 34.9 Å². The molecule has 3 aromatic carbocycles. The lowest BCUT2D eigenvalue weighted by molar-refractivity contribution is 0.0860. The largest absolute Gasteiger partial charge is 0.286 e. The van der Waals surface area contributed by atoms with Gasteiger partial charge in [0.05, 0.1) is 6.54 Å². The van der Waals surface area contributed by atoms with Crippen LogP contribution >= 0.6 is 11.8 Å². The first-order valence-electron chi connectivity index (χ1n) is 9.10. The van der Waals surface area contributed by atoms with Gasteiger partial charge in [0.1, 0.15) is 5.82 Å². The molecule has 1 heterocycles. The second kappa shape index (κ2) is 8.40. The van der Waals surface area contributed by atoms with E-state index < -0.39 is 0 Å². The number of carbonyl (C=O) groups excluding carboxylic acids is 1. The van der Waals surface area contributed by atoms with E-state index in [9.17, 15) is 9.18 Å². The Morgan fingerprint density at radius 3 is 2.36 bits per heavy atom. The van der Waals surface area contributed by atoms with E-state index in [1.807, 2.05) is 60.7 Å². The summed E-state index contributed by atoms with van der Waals surface area (Å²) in [5.74, 6) is 0.141. The summed E-state index contributed by atoms with van der Waals surface area (Å²) in [7, 11) is 0. The highest BCUT2D eigenvalue weighted by Crippen LogP contribution is 2.24. The molecule has 3 nitrogen and oxygen atoms in total. The zero-order valence-corrected chi connectivity index (χ0v) is 16.0. The summed E-state index contributed by atoms with van der Waals surface area (Å²) >= 11 is 1.40. The average Bonchev–Trinajstić information content (AvgIpc) is 3.22. The van der Waals surface area contributed by atoms with Crippen molar-refractivity contribution in [1.82, 2.24) is 4.90 Å². The third kappa shape index (κ3) is 3.99. The standard InChI is InChI=1S/C23H19FN2OS/c24-21-9-5-4-8-20(21)16-28-23-25-14-15-26(23)22(27)19-12-10-18(11-13-19)17-6-2-1-3-7-17/h1-13H,14-16H2. The molecule has 0 aromatic heterocycles. The van der Waals surface area contributed by atoms with Crippen LogP contribution in [0.5, 0.6) is 0 Å². The van der Waals surface area contributed by atoms with Crippen LogP contribution in [0.4, 0.5) is 4.39 Å². The Hall–Kier alpha value is -2.92. The van der Waals surface area contributed by atoms with Crippen molar-refractivity contribution in [2.45, 2.75) is 5.75 Å². The van der Waals surface area contributed by atoms with Crippen LogP contribution in [-0.4, -0.2) is 29.1 Å². The van der Waals surface area contributed by atoms with Crippen molar-refractivity contribution in [1.29, 1.82) is 0 Å². The molecule has 140 valence electrons. The van der Waals surface area contributed by atoms with Gasteiger partial charge < -0.3 is 0 Å². The van der Waals surface area contributed by atoms with Crippen LogP contribution in [0.1, 0.15) is 15.9 Å². The molecule has 0 fully saturated rings. The van der Waals surface area contributed by atoms with Gasteiger partial charge in [-0.25, -0.2) is 4.39 Å².